The second kappa shape index (κ2) is 19.8. The molecule has 2 atom stereocenters. The molecule has 322 valence electrons. The van der Waals surface area contributed by atoms with Crippen LogP contribution in [0.15, 0.2) is 33.5 Å². The summed E-state index contributed by atoms with van der Waals surface area (Å²) < 4.78 is 28.1. The molecule has 3 aromatic rings. The van der Waals surface area contributed by atoms with E-state index >= 15 is 0 Å². The molecule has 0 spiro atoms. The van der Waals surface area contributed by atoms with Gasteiger partial charge in [-0.3, -0.25) is 19.7 Å². The number of pyridine rings is 1. The third kappa shape index (κ3) is 13.6. The van der Waals surface area contributed by atoms with Crippen LogP contribution in [-0.2, 0) is 28.7 Å². The largest absolute Gasteiger partial charge is 0.490 e. The smallest absolute Gasteiger partial charge is 0.413 e. The zero-order valence-corrected chi connectivity index (χ0v) is 35.9. The maximum absolute atomic E-state index is 13.8. The van der Waals surface area contributed by atoms with Crippen molar-refractivity contribution in [3.05, 3.63) is 35.3 Å². The zero-order chi connectivity index (χ0) is 43.5. The van der Waals surface area contributed by atoms with Gasteiger partial charge in [-0.2, -0.15) is 0 Å². The van der Waals surface area contributed by atoms with Crippen LogP contribution in [-0.4, -0.2) is 99.1 Å². The fourth-order valence-electron chi connectivity index (χ4n) is 4.82. The number of nitrogens with one attached hydrogen (secondary N) is 4. The maximum atomic E-state index is 13.8. The average Bonchev–Trinajstić information content (AvgIpc) is 3.82. The van der Waals surface area contributed by atoms with Crippen LogP contribution in [0, 0.1) is 0 Å². The molecular weight excluding hydrogens is 789 g/mol. The van der Waals surface area contributed by atoms with E-state index in [0.29, 0.717) is 30.4 Å². The summed E-state index contributed by atoms with van der Waals surface area (Å²) in [5.74, 6) is -1.75. The van der Waals surface area contributed by atoms with Crippen molar-refractivity contribution in [3.63, 3.8) is 0 Å². The number of rotatable bonds is 19. The lowest BCUT2D eigenvalue weighted by Gasteiger charge is -2.37. The van der Waals surface area contributed by atoms with E-state index in [-0.39, 0.29) is 29.0 Å². The van der Waals surface area contributed by atoms with Gasteiger partial charge in [0.25, 0.3) is 11.8 Å². The first-order chi connectivity index (χ1) is 27.7. The standard InChI is InChI=1S/C39H54N8O11S/c1-11-13-15-53-26-17-22(40-19-27(26)54-16-14-12-2)33-43-24(20-55-33)30(48)41-18-23-28(31(49)42-23)45-32(50)29(47-58-39(9,10)34(51)56-37(3,4)5)25-21-59-35(44-25)46-36(52)57-38(6,7)8/h17,19-21,23,28H,11-16,18H2,1-10H3,(H,41,48)(H,42,49)(H,45,50)(H,44,46,52)/b47-29-/t23-,28+/m1/s1. The molecule has 0 aromatic carbocycles. The summed E-state index contributed by atoms with van der Waals surface area (Å²) in [5.41, 5.74) is -3.45. The van der Waals surface area contributed by atoms with E-state index in [1.807, 2.05) is 0 Å². The van der Waals surface area contributed by atoms with Crippen LogP contribution in [0.4, 0.5) is 9.93 Å². The Morgan fingerprint density at radius 1 is 0.915 bits per heavy atom. The van der Waals surface area contributed by atoms with E-state index in [2.05, 4.69) is 55.2 Å². The molecule has 4 rings (SSSR count). The number of hydrogen-bond acceptors (Lipinski definition) is 16. The summed E-state index contributed by atoms with van der Waals surface area (Å²) in [7, 11) is 0. The number of oxime groups is 1. The van der Waals surface area contributed by atoms with Gasteiger partial charge in [-0.05, 0) is 68.2 Å². The monoisotopic (exact) mass is 842 g/mol. The van der Waals surface area contributed by atoms with Crippen molar-refractivity contribution in [2.45, 2.75) is 124 Å². The molecule has 0 radical (unpaired) electrons. The summed E-state index contributed by atoms with van der Waals surface area (Å²) in [6.07, 6.45) is 5.57. The Morgan fingerprint density at radius 3 is 2.20 bits per heavy atom. The van der Waals surface area contributed by atoms with Gasteiger partial charge in [0.05, 0.1) is 25.5 Å². The first-order valence-corrected chi connectivity index (χ1v) is 20.1. The van der Waals surface area contributed by atoms with Gasteiger partial charge in [-0.25, -0.2) is 24.5 Å². The van der Waals surface area contributed by atoms with E-state index in [1.165, 1.54) is 31.7 Å². The number of nitrogens with zero attached hydrogens (tertiary/aromatic N) is 4. The molecule has 59 heavy (non-hydrogen) atoms. The number of hydrogen-bond donors (Lipinski definition) is 4. The number of carbonyl (C=O) groups is 5. The molecule has 0 bridgehead atoms. The molecule has 4 amide bonds. The van der Waals surface area contributed by atoms with Gasteiger partial charge in [0, 0.05) is 18.0 Å². The van der Waals surface area contributed by atoms with Gasteiger partial charge in [0.1, 0.15) is 34.9 Å². The highest BCUT2D eigenvalue weighted by Crippen LogP contribution is 2.31. The van der Waals surface area contributed by atoms with Crippen LogP contribution in [0.5, 0.6) is 11.5 Å². The topological polar surface area (TPSA) is 244 Å². The second-order valence-corrected chi connectivity index (χ2v) is 16.8. The van der Waals surface area contributed by atoms with E-state index < -0.39 is 64.4 Å². The summed E-state index contributed by atoms with van der Waals surface area (Å²) >= 11 is 0.968. The van der Waals surface area contributed by atoms with Gasteiger partial charge >= 0.3 is 12.1 Å². The Morgan fingerprint density at radius 2 is 1.58 bits per heavy atom. The van der Waals surface area contributed by atoms with Gasteiger partial charge in [0.2, 0.25) is 17.4 Å². The van der Waals surface area contributed by atoms with E-state index in [0.717, 1.165) is 37.0 Å². The number of β-lactam (4-membered cyclic amide) rings is 1. The number of amides is 4. The van der Waals surface area contributed by atoms with Crippen LogP contribution in [0.1, 0.15) is 111 Å². The van der Waals surface area contributed by atoms with Crippen molar-refractivity contribution >= 4 is 52.0 Å². The molecule has 0 saturated carbocycles. The predicted octanol–water partition coefficient (Wildman–Crippen LogP) is 5.15. The molecule has 20 heteroatoms. The van der Waals surface area contributed by atoms with Crippen LogP contribution in [0.3, 0.4) is 0 Å². The first kappa shape index (κ1) is 45.9. The van der Waals surface area contributed by atoms with Crippen LogP contribution in [0.25, 0.3) is 11.6 Å². The summed E-state index contributed by atoms with van der Waals surface area (Å²) in [4.78, 5) is 83.3. The Labute approximate surface area is 346 Å². The minimum atomic E-state index is -1.65. The Kier molecular flexibility index (Phi) is 15.4. The lowest BCUT2D eigenvalue weighted by molar-refractivity contribution is -0.179. The fourth-order valence-corrected chi connectivity index (χ4v) is 5.51. The van der Waals surface area contributed by atoms with Crippen LogP contribution >= 0.6 is 11.3 Å². The molecule has 19 nitrogen and oxygen atoms in total. The van der Waals surface area contributed by atoms with Crippen LogP contribution < -0.4 is 30.7 Å². The molecule has 1 aliphatic rings. The second-order valence-electron chi connectivity index (χ2n) is 15.9. The minimum Gasteiger partial charge on any atom is -0.490 e. The highest BCUT2D eigenvalue weighted by molar-refractivity contribution is 7.14. The number of thiazole rings is 1. The SMILES string of the molecule is CCCCOc1cnc(-c2nc(C(=O)NC[C@H]3NC(=O)[C@H]3NC(=O)/C(=N\OC(C)(C)C(=O)OC(C)(C)C)c3csc(NC(=O)OC(C)(C)C)n3)co2)cc1OCCCC. The number of oxazole rings is 1. The van der Waals surface area contributed by atoms with Gasteiger partial charge in [0.15, 0.2) is 28.0 Å². The first-order valence-electron chi connectivity index (χ1n) is 19.3. The molecule has 4 N–H and O–H groups in total. The molecule has 4 heterocycles. The summed E-state index contributed by atoms with van der Waals surface area (Å²) in [5, 5.41) is 15.9. The number of ether oxygens (including phenoxy) is 4. The Bertz CT molecular complexity index is 2000. The summed E-state index contributed by atoms with van der Waals surface area (Å²) in [6, 6.07) is -0.218. The van der Waals surface area contributed by atoms with Crippen molar-refractivity contribution in [1.82, 2.24) is 30.9 Å². The number of esters is 1. The van der Waals surface area contributed by atoms with Crippen molar-refractivity contribution < 1.29 is 52.2 Å². The molecule has 0 aliphatic carbocycles. The summed E-state index contributed by atoms with van der Waals surface area (Å²) in [6.45, 7) is 18.0. The molecule has 1 fully saturated rings. The van der Waals surface area contributed by atoms with E-state index in [9.17, 15) is 24.0 Å². The van der Waals surface area contributed by atoms with Crippen molar-refractivity contribution in [3.8, 4) is 23.1 Å². The third-order valence-electron chi connectivity index (χ3n) is 7.91. The number of unbranched alkanes of at least 4 members (excludes halogenated alkanes) is 2. The quantitative estimate of drug-likeness (QED) is 0.0401. The Hall–Kier alpha value is -5.79. The van der Waals surface area contributed by atoms with E-state index in [4.69, 9.17) is 28.2 Å². The molecule has 3 aromatic heterocycles. The normalized spacial score (nSPS) is 15.6. The highest BCUT2D eigenvalue weighted by atomic mass is 32.1. The average molecular weight is 843 g/mol. The predicted molar refractivity (Wildman–Crippen MR) is 216 cm³/mol. The number of aromatic nitrogens is 3. The minimum absolute atomic E-state index is 0.0437. The van der Waals surface area contributed by atoms with Gasteiger partial charge in [-0.15, -0.1) is 11.3 Å². The van der Waals surface area contributed by atoms with Gasteiger partial charge < -0.3 is 44.2 Å². The molecule has 1 aliphatic heterocycles. The lowest BCUT2D eigenvalue weighted by atomic mass is 9.98. The number of carbonyl (C=O) groups excluding carboxylic acids is 5. The van der Waals surface area contributed by atoms with Crippen molar-refractivity contribution in [2.24, 2.45) is 5.16 Å². The molecular formula is C39H54N8O11S. The molecule has 1 saturated heterocycles. The Balaban J connectivity index is 1.45. The van der Waals surface area contributed by atoms with Crippen LogP contribution in [0.2, 0.25) is 0 Å². The molecule has 0 unspecified atom stereocenters. The van der Waals surface area contributed by atoms with Crippen molar-refractivity contribution in [1.29, 1.82) is 0 Å². The van der Waals surface area contributed by atoms with Crippen molar-refractivity contribution in [2.75, 3.05) is 25.1 Å². The lowest BCUT2D eigenvalue weighted by Crippen LogP contribution is -2.72. The zero-order valence-electron chi connectivity index (χ0n) is 35.1. The van der Waals surface area contributed by atoms with Gasteiger partial charge in [-0.1, -0.05) is 31.8 Å². The highest BCUT2D eigenvalue weighted by Gasteiger charge is 2.42. The maximum Gasteiger partial charge on any atom is 0.413 e. The van der Waals surface area contributed by atoms with E-state index in [1.54, 1.807) is 47.6 Å². The fraction of sp³-hybridized carbons (Fsp3) is 0.564. The third-order valence-corrected chi connectivity index (χ3v) is 8.66. The number of anilines is 1.